The Balaban J connectivity index is 1.41. The maximum absolute atomic E-state index is 14.2. The molecule has 5 rings (SSSR count). The van der Waals surface area contributed by atoms with Crippen LogP contribution in [0.5, 0.6) is 23.0 Å². The van der Waals surface area contributed by atoms with Crippen molar-refractivity contribution in [3.63, 3.8) is 0 Å². The van der Waals surface area contributed by atoms with E-state index < -0.39 is 0 Å². The van der Waals surface area contributed by atoms with Gasteiger partial charge in [-0.1, -0.05) is 13.3 Å². The minimum Gasteiger partial charge on any atom is -0.508 e. The second-order valence-electron chi connectivity index (χ2n) is 9.89. The number of rotatable bonds is 11. The fourth-order valence-electron chi connectivity index (χ4n) is 4.99. The topological polar surface area (TPSA) is 59.0 Å². The van der Waals surface area contributed by atoms with Gasteiger partial charge in [0.25, 0.3) is 0 Å². The number of carbonyl (C=O) groups is 1. The molecule has 0 aliphatic carbocycles. The summed E-state index contributed by atoms with van der Waals surface area (Å²) in [6.07, 6.45) is 1.97. The number of ketones is 1. The van der Waals surface area contributed by atoms with Gasteiger partial charge in [0.2, 0.25) is 5.78 Å². The summed E-state index contributed by atoms with van der Waals surface area (Å²) < 4.78 is 39.6. The fourth-order valence-corrected chi connectivity index (χ4v) is 6.10. The average Bonchev–Trinajstić information content (AvgIpc) is 3.23. The summed E-state index contributed by atoms with van der Waals surface area (Å²) in [5.74, 6) is 1.16. The van der Waals surface area contributed by atoms with Crippen molar-refractivity contribution in [2.24, 2.45) is 0 Å². The van der Waals surface area contributed by atoms with Gasteiger partial charge in [0.15, 0.2) is 5.75 Å². The van der Waals surface area contributed by atoms with Crippen LogP contribution in [0, 0.1) is 12.7 Å². The maximum atomic E-state index is 14.2. The zero-order chi connectivity index (χ0) is 27.5. The Morgan fingerprint density at radius 2 is 1.85 bits per heavy atom. The standard InChI is InChI=1S/C31H31F2NO4S/c1-3-5-20-15-21(33)14-19(2)28(20)29(36)31-30(26-11-6-22(35)16-27(26)39-31)38-24-9-7-23(8-10-24)37-25-17-34(18-25)13-4-12-32/h6-11,14-16,25,35H,3-5,12-13,17-18H2,1-2H3. The highest BCUT2D eigenvalue weighted by Gasteiger charge is 2.28. The molecule has 2 heterocycles. The smallest absolute Gasteiger partial charge is 0.207 e. The number of ether oxygens (including phenoxy) is 2. The van der Waals surface area contributed by atoms with Gasteiger partial charge in [0.05, 0.1) is 6.67 Å². The Morgan fingerprint density at radius 1 is 1.10 bits per heavy atom. The number of aromatic hydroxyl groups is 1. The molecule has 0 bridgehead atoms. The van der Waals surface area contributed by atoms with Gasteiger partial charge in [-0.25, -0.2) is 4.39 Å². The molecule has 0 saturated carbocycles. The predicted molar refractivity (Wildman–Crippen MR) is 150 cm³/mol. The van der Waals surface area contributed by atoms with E-state index in [9.17, 15) is 18.7 Å². The number of carbonyl (C=O) groups excluding carboxylic acids is 1. The molecule has 0 unspecified atom stereocenters. The van der Waals surface area contributed by atoms with Crippen LogP contribution in [0.25, 0.3) is 10.1 Å². The third-order valence-electron chi connectivity index (χ3n) is 6.84. The normalized spacial score (nSPS) is 13.9. The minimum absolute atomic E-state index is 0.0744. The van der Waals surface area contributed by atoms with Gasteiger partial charge >= 0.3 is 0 Å². The molecule has 204 valence electrons. The van der Waals surface area contributed by atoms with Gasteiger partial charge in [0.1, 0.15) is 34.0 Å². The van der Waals surface area contributed by atoms with E-state index in [1.807, 2.05) is 19.1 Å². The lowest BCUT2D eigenvalue weighted by atomic mass is 9.94. The molecule has 1 saturated heterocycles. The van der Waals surface area contributed by atoms with E-state index in [0.717, 1.165) is 26.1 Å². The van der Waals surface area contributed by atoms with Crippen molar-refractivity contribution in [3.05, 3.63) is 82.0 Å². The van der Waals surface area contributed by atoms with Crippen LogP contribution in [-0.2, 0) is 6.42 Å². The highest BCUT2D eigenvalue weighted by Crippen LogP contribution is 2.43. The lowest BCUT2D eigenvalue weighted by Gasteiger charge is -2.38. The van der Waals surface area contributed by atoms with Crippen molar-refractivity contribution in [2.75, 3.05) is 26.3 Å². The summed E-state index contributed by atoms with van der Waals surface area (Å²) in [7, 11) is 0. The summed E-state index contributed by atoms with van der Waals surface area (Å²) >= 11 is 1.25. The van der Waals surface area contributed by atoms with Crippen LogP contribution in [0.2, 0.25) is 0 Å². The number of phenolic OH excluding ortho intramolecular Hbond substituents is 1. The van der Waals surface area contributed by atoms with Crippen LogP contribution >= 0.6 is 11.3 Å². The summed E-state index contributed by atoms with van der Waals surface area (Å²) in [6, 6.07) is 15.0. The molecule has 0 spiro atoms. The van der Waals surface area contributed by atoms with Gasteiger partial charge in [-0.05, 0) is 85.5 Å². The molecular weight excluding hydrogens is 520 g/mol. The Labute approximate surface area is 230 Å². The summed E-state index contributed by atoms with van der Waals surface area (Å²) in [5, 5.41) is 10.8. The SMILES string of the molecule is CCCc1cc(F)cc(C)c1C(=O)c1sc2cc(O)ccc2c1Oc1ccc(OC2CN(CCCF)C2)cc1. The molecule has 39 heavy (non-hydrogen) atoms. The molecule has 8 heteroatoms. The Hall–Kier alpha value is -3.49. The number of hydrogen-bond acceptors (Lipinski definition) is 6. The number of thiophene rings is 1. The zero-order valence-electron chi connectivity index (χ0n) is 22.0. The van der Waals surface area contributed by atoms with E-state index in [0.29, 0.717) is 61.7 Å². The molecule has 3 aromatic carbocycles. The number of benzene rings is 3. The molecular formula is C31H31F2NO4S. The summed E-state index contributed by atoms with van der Waals surface area (Å²) in [6.45, 7) is 5.73. The van der Waals surface area contributed by atoms with Crippen LogP contribution < -0.4 is 9.47 Å². The Kier molecular flexibility index (Phi) is 8.14. The first-order chi connectivity index (χ1) is 18.9. The summed E-state index contributed by atoms with van der Waals surface area (Å²) in [4.78, 5) is 16.5. The largest absolute Gasteiger partial charge is 0.508 e. The van der Waals surface area contributed by atoms with Crippen molar-refractivity contribution in [1.82, 2.24) is 4.90 Å². The van der Waals surface area contributed by atoms with Crippen molar-refractivity contribution in [3.8, 4) is 23.0 Å². The molecule has 0 atom stereocenters. The van der Waals surface area contributed by atoms with Gasteiger partial charge in [-0.2, -0.15) is 0 Å². The quantitative estimate of drug-likeness (QED) is 0.196. The van der Waals surface area contributed by atoms with Crippen LogP contribution in [0.4, 0.5) is 8.78 Å². The summed E-state index contributed by atoms with van der Waals surface area (Å²) in [5.41, 5.74) is 1.74. The second kappa shape index (κ2) is 11.7. The third kappa shape index (κ3) is 5.92. The van der Waals surface area contributed by atoms with Gasteiger partial charge < -0.3 is 14.6 Å². The zero-order valence-corrected chi connectivity index (χ0v) is 22.8. The van der Waals surface area contributed by atoms with Crippen molar-refractivity contribution in [1.29, 1.82) is 0 Å². The van der Waals surface area contributed by atoms with Gasteiger partial charge in [-0.15, -0.1) is 11.3 Å². The molecule has 1 N–H and O–H groups in total. The maximum Gasteiger partial charge on any atom is 0.207 e. The molecule has 1 aliphatic rings. The van der Waals surface area contributed by atoms with Crippen molar-refractivity contribution >= 4 is 27.2 Å². The van der Waals surface area contributed by atoms with E-state index in [-0.39, 0.29) is 30.1 Å². The highest BCUT2D eigenvalue weighted by molar-refractivity contribution is 7.21. The van der Waals surface area contributed by atoms with Crippen molar-refractivity contribution in [2.45, 2.75) is 39.2 Å². The highest BCUT2D eigenvalue weighted by atomic mass is 32.1. The Bertz CT molecular complexity index is 1480. The van der Waals surface area contributed by atoms with E-state index in [2.05, 4.69) is 4.90 Å². The molecule has 0 amide bonds. The van der Waals surface area contributed by atoms with Crippen LogP contribution in [0.1, 0.15) is 46.1 Å². The first-order valence-electron chi connectivity index (χ1n) is 13.2. The minimum atomic E-state index is -0.359. The third-order valence-corrected chi connectivity index (χ3v) is 7.97. The predicted octanol–water partition coefficient (Wildman–Crippen LogP) is 7.45. The van der Waals surface area contributed by atoms with Crippen LogP contribution in [0.3, 0.4) is 0 Å². The number of fused-ring (bicyclic) bond motifs is 1. The van der Waals surface area contributed by atoms with Crippen LogP contribution in [0.15, 0.2) is 54.6 Å². The van der Waals surface area contributed by atoms with Crippen LogP contribution in [-0.4, -0.2) is 48.2 Å². The molecule has 5 nitrogen and oxygen atoms in total. The number of aryl methyl sites for hydroxylation is 2. The van der Waals surface area contributed by atoms with Gasteiger partial charge in [-0.3, -0.25) is 14.1 Å². The lowest BCUT2D eigenvalue weighted by Crippen LogP contribution is -2.53. The Morgan fingerprint density at radius 3 is 2.56 bits per heavy atom. The number of likely N-dealkylation sites (tertiary alicyclic amines) is 1. The molecule has 1 aliphatic heterocycles. The van der Waals surface area contributed by atoms with E-state index in [1.165, 1.54) is 23.5 Å². The first-order valence-corrected chi connectivity index (χ1v) is 14.0. The number of nitrogens with zero attached hydrogens (tertiary/aromatic N) is 1. The molecule has 1 aromatic heterocycles. The lowest BCUT2D eigenvalue weighted by molar-refractivity contribution is 0.0184. The van der Waals surface area contributed by atoms with E-state index in [4.69, 9.17) is 9.47 Å². The first kappa shape index (κ1) is 27.1. The second-order valence-corrected chi connectivity index (χ2v) is 10.9. The number of phenols is 1. The fraction of sp³-hybridized carbons (Fsp3) is 0.323. The molecule has 4 aromatic rings. The average molecular weight is 552 g/mol. The number of halogens is 2. The van der Waals surface area contributed by atoms with E-state index in [1.54, 1.807) is 37.3 Å². The molecule has 1 fully saturated rings. The number of hydrogen-bond donors (Lipinski definition) is 1. The molecule has 0 radical (unpaired) electrons. The monoisotopic (exact) mass is 551 g/mol. The number of alkyl halides is 1. The van der Waals surface area contributed by atoms with Crippen molar-refractivity contribution < 1.29 is 28.2 Å². The van der Waals surface area contributed by atoms with E-state index >= 15 is 0 Å². The van der Waals surface area contributed by atoms with Gasteiger partial charge in [0, 0.05) is 35.3 Å².